The number of nitrogens with zero attached hydrogens (tertiary/aromatic N) is 1. The molecule has 1 saturated heterocycles. The van der Waals surface area contributed by atoms with Gasteiger partial charge in [0.1, 0.15) is 18.2 Å². The molecular formula is C23H22F2N2O5S. The van der Waals surface area contributed by atoms with E-state index in [9.17, 15) is 23.2 Å². The number of hydrogen-bond acceptors (Lipinski definition) is 6. The van der Waals surface area contributed by atoms with E-state index in [0.717, 1.165) is 23.5 Å². The first-order valence-electron chi connectivity index (χ1n) is 10.1. The third-order valence-electron chi connectivity index (χ3n) is 4.77. The van der Waals surface area contributed by atoms with Crippen molar-refractivity contribution in [2.75, 3.05) is 19.0 Å². The van der Waals surface area contributed by atoms with Gasteiger partial charge in [-0.15, -0.1) is 0 Å². The molecule has 3 rings (SSSR count). The van der Waals surface area contributed by atoms with Crippen LogP contribution in [0, 0.1) is 11.6 Å². The van der Waals surface area contributed by atoms with Crippen molar-refractivity contribution in [1.29, 1.82) is 0 Å². The van der Waals surface area contributed by atoms with Crippen LogP contribution in [-0.2, 0) is 9.59 Å². The van der Waals surface area contributed by atoms with E-state index >= 15 is 0 Å². The van der Waals surface area contributed by atoms with E-state index in [1.54, 1.807) is 18.2 Å². The van der Waals surface area contributed by atoms with Gasteiger partial charge < -0.3 is 14.8 Å². The molecule has 1 heterocycles. The fourth-order valence-electron chi connectivity index (χ4n) is 2.88. The second-order valence-corrected chi connectivity index (χ2v) is 8.18. The van der Waals surface area contributed by atoms with Gasteiger partial charge in [0, 0.05) is 6.07 Å². The van der Waals surface area contributed by atoms with Gasteiger partial charge in [-0.25, -0.2) is 8.78 Å². The summed E-state index contributed by atoms with van der Waals surface area (Å²) >= 11 is 0.685. The standard InChI is InChI=1S/C23H22F2N2O5S/c1-4-13(2)32-18-8-5-14(9-19(18)31-3)10-20-22(29)27(23(30)33-20)12-21(28)26-17-7-6-15(24)11-16(17)25/h5-11,13H,4,12H2,1-3H3,(H,26,28)/b20-10-/t13-/m0/s1. The molecular weight excluding hydrogens is 454 g/mol. The summed E-state index contributed by atoms with van der Waals surface area (Å²) < 4.78 is 37.9. The van der Waals surface area contributed by atoms with Crippen molar-refractivity contribution in [3.05, 3.63) is 58.5 Å². The number of ether oxygens (including phenoxy) is 2. The van der Waals surface area contributed by atoms with Gasteiger partial charge in [-0.2, -0.15) is 0 Å². The first kappa shape index (κ1) is 24.2. The highest BCUT2D eigenvalue weighted by atomic mass is 32.2. The Hall–Kier alpha value is -3.40. The second-order valence-electron chi connectivity index (χ2n) is 7.19. The Morgan fingerprint density at radius 3 is 2.61 bits per heavy atom. The third-order valence-corrected chi connectivity index (χ3v) is 5.68. The Labute approximate surface area is 193 Å². The molecule has 1 N–H and O–H groups in total. The van der Waals surface area contributed by atoms with Crippen LogP contribution in [0.15, 0.2) is 41.3 Å². The van der Waals surface area contributed by atoms with Gasteiger partial charge in [0.05, 0.1) is 23.8 Å². The zero-order valence-corrected chi connectivity index (χ0v) is 19.0. The van der Waals surface area contributed by atoms with E-state index in [0.29, 0.717) is 34.9 Å². The number of anilines is 1. The Morgan fingerprint density at radius 1 is 1.18 bits per heavy atom. The highest BCUT2D eigenvalue weighted by Gasteiger charge is 2.36. The average molecular weight is 477 g/mol. The molecule has 0 radical (unpaired) electrons. The Balaban J connectivity index is 1.72. The predicted octanol–water partition coefficient (Wildman–Crippen LogP) is 4.83. The van der Waals surface area contributed by atoms with Gasteiger partial charge in [0.25, 0.3) is 11.1 Å². The molecule has 174 valence electrons. The van der Waals surface area contributed by atoms with Crippen LogP contribution in [0.25, 0.3) is 6.08 Å². The van der Waals surface area contributed by atoms with E-state index < -0.39 is 35.2 Å². The van der Waals surface area contributed by atoms with Crippen LogP contribution in [0.2, 0.25) is 0 Å². The van der Waals surface area contributed by atoms with Gasteiger partial charge in [0.2, 0.25) is 5.91 Å². The molecule has 2 aromatic carbocycles. The number of amides is 3. The fraction of sp³-hybridized carbons (Fsp3) is 0.261. The lowest BCUT2D eigenvalue weighted by Gasteiger charge is -2.15. The number of rotatable bonds is 8. The monoisotopic (exact) mass is 476 g/mol. The van der Waals surface area contributed by atoms with Crippen LogP contribution in [0.1, 0.15) is 25.8 Å². The number of imide groups is 1. The number of nitrogens with one attached hydrogen (secondary N) is 1. The molecule has 0 aromatic heterocycles. The maximum absolute atomic E-state index is 13.7. The zero-order chi connectivity index (χ0) is 24.1. The number of carbonyl (C=O) groups is 3. The lowest BCUT2D eigenvalue weighted by molar-refractivity contribution is -0.127. The van der Waals surface area contributed by atoms with E-state index in [-0.39, 0.29) is 16.7 Å². The molecule has 0 saturated carbocycles. The van der Waals surface area contributed by atoms with E-state index in [2.05, 4.69) is 5.32 Å². The smallest absolute Gasteiger partial charge is 0.294 e. The maximum Gasteiger partial charge on any atom is 0.294 e. The molecule has 7 nitrogen and oxygen atoms in total. The molecule has 0 spiro atoms. The quantitative estimate of drug-likeness (QED) is 0.550. The summed E-state index contributed by atoms with van der Waals surface area (Å²) in [5.74, 6) is -2.17. The number of halogens is 2. The third kappa shape index (κ3) is 5.89. The summed E-state index contributed by atoms with van der Waals surface area (Å²) in [6.45, 7) is 3.33. The minimum atomic E-state index is -0.966. The minimum absolute atomic E-state index is 0.00391. The van der Waals surface area contributed by atoms with Gasteiger partial charge in [-0.1, -0.05) is 13.0 Å². The van der Waals surface area contributed by atoms with Crippen molar-refractivity contribution >= 4 is 40.6 Å². The van der Waals surface area contributed by atoms with Crippen LogP contribution in [0.3, 0.4) is 0 Å². The highest BCUT2D eigenvalue weighted by molar-refractivity contribution is 8.18. The summed E-state index contributed by atoms with van der Waals surface area (Å²) in [6, 6.07) is 7.76. The van der Waals surface area contributed by atoms with Crippen molar-refractivity contribution < 1.29 is 32.6 Å². The summed E-state index contributed by atoms with van der Waals surface area (Å²) in [7, 11) is 1.50. The summed E-state index contributed by atoms with van der Waals surface area (Å²) in [5.41, 5.74) is 0.349. The Kier molecular flexibility index (Phi) is 7.70. The molecule has 1 fully saturated rings. The largest absolute Gasteiger partial charge is 0.493 e. The SMILES string of the molecule is CC[C@H](C)Oc1ccc(/C=C2\SC(=O)N(CC(=O)Nc3ccc(F)cc3F)C2=O)cc1OC. The average Bonchev–Trinajstić information content (AvgIpc) is 3.03. The van der Waals surface area contributed by atoms with Crippen molar-refractivity contribution in [1.82, 2.24) is 4.90 Å². The highest BCUT2D eigenvalue weighted by Crippen LogP contribution is 2.35. The van der Waals surface area contributed by atoms with Crippen LogP contribution in [0.5, 0.6) is 11.5 Å². The van der Waals surface area contributed by atoms with Gasteiger partial charge >= 0.3 is 0 Å². The van der Waals surface area contributed by atoms with Crippen molar-refractivity contribution in [3.63, 3.8) is 0 Å². The molecule has 33 heavy (non-hydrogen) atoms. The molecule has 2 aromatic rings. The normalized spacial score (nSPS) is 15.7. The fourth-order valence-corrected chi connectivity index (χ4v) is 3.72. The molecule has 3 amide bonds. The first-order valence-corrected chi connectivity index (χ1v) is 10.9. The number of hydrogen-bond donors (Lipinski definition) is 1. The van der Waals surface area contributed by atoms with Gasteiger partial charge in [-0.3, -0.25) is 19.3 Å². The topological polar surface area (TPSA) is 84.9 Å². The van der Waals surface area contributed by atoms with Crippen molar-refractivity contribution in [2.24, 2.45) is 0 Å². The van der Waals surface area contributed by atoms with Gasteiger partial charge in [-0.05, 0) is 61.0 Å². The van der Waals surface area contributed by atoms with E-state index in [4.69, 9.17) is 9.47 Å². The van der Waals surface area contributed by atoms with Crippen LogP contribution in [-0.4, -0.2) is 41.7 Å². The van der Waals surface area contributed by atoms with Crippen LogP contribution in [0.4, 0.5) is 19.3 Å². The lowest BCUT2D eigenvalue weighted by Crippen LogP contribution is -2.36. The molecule has 1 atom stereocenters. The van der Waals surface area contributed by atoms with E-state index in [1.807, 2.05) is 13.8 Å². The second kappa shape index (κ2) is 10.5. The maximum atomic E-state index is 13.7. The zero-order valence-electron chi connectivity index (χ0n) is 18.2. The molecule has 0 unspecified atom stereocenters. The van der Waals surface area contributed by atoms with Gasteiger partial charge in [0.15, 0.2) is 11.5 Å². The van der Waals surface area contributed by atoms with E-state index in [1.165, 1.54) is 13.2 Å². The number of methoxy groups -OCH3 is 1. The van der Waals surface area contributed by atoms with Crippen LogP contribution >= 0.6 is 11.8 Å². The molecule has 1 aliphatic rings. The Bertz CT molecular complexity index is 1120. The summed E-state index contributed by atoms with van der Waals surface area (Å²) in [4.78, 5) is 38.1. The van der Waals surface area contributed by atoms with Crippen molar-refractivity contribution in [2.45, 2.75) is 26.4 Å². The van der Waals surface area contributed by atoms with Crippen molar-refractivity contribution in [3.8, 4) is 11.5 Å². The Morgan fingerprint density at radius 2 is 1.94 bits per heavy atom. The number of thioether (sulfide) groups is 1. The summed E-state index contributed by atoms with van der Waals surface area (Å²) in [5, 5.41) is 1.59. The number of benzene rings is 2. The molecule has 0 aliphatic carbocycles. The summed E-state index contributed by atoms with van der Waals surface area (Å²) in [6.07, 6.45) is 2.33. The molecule has 0 bridgehead atoms. The van der Waals surface area contributed by atoms with Crippen LogP contribution < -0.4 is 14.8 Å². The first-order chi connectivity index (χ1) is 15.7. The predicted molar refractivity (Wildman–Crippen MR) is 121 cm³/mol. The molecule has 10 heteroatoms. The number of carbonyl (C=O) groups excluding carboxylic acids is 3. The molecule has 1 aliphatic heterocycles. The lowest BCUT2D eigenvalue weighted by atomic mass is 10.1. The minimum Gasteiger partial charge on any atom is -0.493 e.